The lowest BCUT2D eigenvalue weighted by Gasteiger charge is -2.49. The standard InChI is InChI=1S/C25H34N4O/c1-16(2)11-26-12-20-13-29-21(4-3-5-22(29)28-20)23(30)27-15-24-8-17-6-18-7-19(10-24)25(18,9-17)14-24/h3-5,13,16-19,26H,6-12,14-15H2,1-2H3,(H,27,30). The van der Waals surface area contributed by atoms with Crippen LogP contribution in [0.4, 0.5) is 0 Å². The lowest BCUT2D eigenvalue weighted by molar-refractivity contribution is -0.00254. The third-order valence-electron chi connectivity index (χ3n) is 8.84. The largest absolute Gasteiger partial charge is 0.350 e. The lowest BCUT2D eigenvalue weighted by atomic mass is 9.55. The average molecular weight is 407 g/mol. The monoisotopic (exact) mass is 406 g/mol. The topological polar surface area (TPSA) is 58.4 Å². The fourth-order valence-electron chi connectivity index (χ4n) is 7.92. The van der Waals surface area contributed by atoms with Crippen LogP contribution in [0.1, 0.15) is 68.6 Å². The van der Waals surface area contributed by atoms with Gasteiger partial charge in [0.05, 0.1) is 5.69 Å². The second kappa shape index (κ2) is 6.56. The summed E-state index contributed by atoms with van der Waals surface area (Å²) in [4.78, 5) is 17.9. The summed E-state index contributed by atoms with van der Waals surface area (Å²) in [6.45, 7) is 6.95. The number of carbonyl (C=O) groups excluding carboxylic acids is 1. The Balaban J connectivity index is 1.16. The summed E-state index contributed by atoms with van der Waals surface area (Å²) in [5.74, 6) is 3.53. The smallest absolute Gasteiger partial charge is 0.268 e. The maximum Gasteiger partial charge on any atom is 0.268 e. The number of pyridine rings is 1. The quantitative estimate of drug-likeness (QED) is 0.730. The molecule has 0 saturated heterocycles. The van der Waals surface area contributed by atoms with Crippen LogP contribution in [0.15, 0.2) is 24.4 Å². The number of nitrogens with zero attached hydrogens (tertiary/aromatic N) is 2. The molecule has 6 rings (SSSR count). The molecule has 4 aliphatic carbocycles. The summed E-state index contributed by atoms with van der Waals surface area (Å²) >= 11 is 0. The molecule has 1 amide bonds. The molecule has 2 aromatic heterocycles. The Morgan fingerprint density at radius 3 is 3.00 bits per heavy atom. The highest BCUT2D eigenvalue weighted by Gasteiger charge is 2.70. The Hall–Kier alpha value is -1.88. The second-order valence-corrected chi connectivity index (χ2v) is 11.3. The zero-order chi connectivity index (χ0) is 20.5. The molecule has 160 valence electrons. The molecule has 4 fully saturated rings. The van der Waals surface area contributed by atoms with Gasteiger partial charge < -0.3 is 10.6 Å². The van der Waals surface area contributed by atoms with Crippen molar-refractivity contribution in [1.29, 1.82) is 0 Å². The third kappa shape index (κ3) is 2.77. The van der Waals surface area contributed by atoms with Crippen LogP contribution in [0.5, 0.6) is 0 Å². The molecular formula is C25H34N4O. The molecule has 0 radical (unpaired) electrons. The van der Waals surface area contributed by atoms with Crippen molar-refractivity contribution in [3.63, 3.8) is 0 Å². The summed E-state index contributed by atoms with van der Waals surface area (Å²) in [5, 5.41) is 6.79. The molecule has 1 spiro atoms. The highest BCUT2D eigenvalue weighted by atomic mass is 16.1. The molecular weight excluding hydrogens is 372 g/mol. The Kier molecular flexibility index (Phi) is 4.12. The minimum absolute atomic E-state index is 0.0419. The third-order valence-corrected chi connectivity index (χ3v) is 8.84. The Bertz CT molecular complexity index is 992. The van der Waals surface area contributed by atoms with Crippen LogP contribution in [0, 0.1) is 34.5 Å². The zero-order valence-corrected chi connectivity index (χ0v) is 18.3. The number of rotatable bonds is 7. The van der Waals surface area contributed by atoms with E-state index in [-0.39, 0.29) is 5.91 Å². The molecule has 5 nitrogen and oxygen atoms in total. The normalized spacial score (nSPS) is 35.8. The van der Waals surface area contributed by atoms with E-state index >= 15 is 0 Å². The van der Waals surface area contributed by atoms with Gasteiger partial charge in [0.15, 0.2) is 0 Å². The molecule has 4 saturated carbocycles. The molecule has 0 aliphatic heterocycles. The molecule has 4 aliphatic rings. The number of fused-ring (bicyclic) bond motifs is 3. The lowest BCUT2D eigenvalue weighted by Crippen LogP contribution is -2.43. The van der Waals surface area contributed by atoms with Gasteiger partial charge in [0.25, 0.3) is 5.91 Å². The molecule has 0 aromatic carbocycles. The van der Waals surface area contributed by atoms with E-state index in [0.717, 1.165) is 48.7 Å². The van der Waals surface area contributed by atoms with Crippen molar-refractivity contribution >= 4 is 11.6 Å². The van der Waals surface area contributed by atoms with Crippen LogP contribution >= 0.6 is 0 Å². The van der Waals surface area contributed by atoms with Gasteiger partial charge in [-0.1, -0.05) is 19.9 Å². The van der Waals surface area contributed by atoms with Gasteiger partial charge in [-0.2, -0.15) is 0 Å². The first kappa shape index (κ1) is 18.9. The van der Waals surface area contributed by atoms with Gasteiger partial charge in [-0.15, -0.1) is 0 Å². The van der Waals surface area contributed by atoms with E-state index in [1.807, 2.05) is 28.8 Å². The number of hydrogen-bond donors (Lipinski definition) is 2. The number of nitrogens with one attached hydrogen (secondary N) is 2. The van der Waals surface area contributed by atoms with Crippen molar-refractivity contribution in [3.8, 4) is 0 Å². The first-order valence-electron chi connectivity index (χ1n) is 11.9. The molecule has 2 heterocycles. The fourth-order valence-corrected chi connectivity index (χ4v) is 7.92. The maximum atomic E-state index is 13.2. The highest BCUT2D eigenvalue weighted by Crippen LogP contribution is 2.78. The predicted octanol–water partition coefficient (Wildman–Crippen LogP) is 4.03. The van der Waals surface area contributed by atoms with E-state index in [0.29, 0.717) is 22.4 Å². The van der Waals surface area contributed by atoms with Crippen molar-refractivity contribution < 1.29 is 4.79 Å². The molecule has 2 N–H and O–H groups in total. The first-order chi connectivity index (χ1) is 14.5. The van der Waals surface area contributed by atoms with Crippen molar-refractivity contribution in [2.45, 2.75) is 58.9 Å². The SMILES string of the molecule is CC(C)CNCc1cn2c(C(=O)NCC34CC5CC6CC(C3)C6(C5)C4)cccc2n1. The first-order valence-corrected chi connectivity index (χ1v) is 11.9. The van der Waals surface area contributed by atoms with Gasteiger partial charge in [-0.25, -0.2) is 4.98 Å². The summed E-state index contributed by atoms with van der Waals surface area (Å²) in [7, 11) is 0. The van der Waals surface area contributed by atoms with Crippen LogP contribution in [0.3, 0.4) is 0 Å². The van der Waals surface area contributed by atoms with Crippen LogP contribution < -0.4 is 10.6 Å². The number of hydrogen-bond acceptors (Lipinski definition) is 3. The highest BCUT2D eigenvalue weighted by molar-refractivity contribution is 5.93. The van der Waals surface area contributed by atoms with Crippen molar-refractivity contribution in [3.05, 3.63) is 35.8 Å². The van der Waals surface area contributed by atoms with Crippen LogP contribution in [0.25, 0.3) is 5.65 Å². The predicted molar refractivity (Wildman–Crippen MR) is 117 cm³/mol. The molecule has 5 unspecified atom stereocenters. The summed E-state index contributed by atoms with van der Waals surface area (Å²) in [6.07, 6.45) is 10.5. The summed E-state index contributed by atoms with van der Waals surface area (Å²) in [5.41, 5.74) is 3.57. The minimum atomic E-state index is 0.0419. The molecule has 5 atom stereocenters. The van der Waals surface area contributed by atoms with Crippen molar-refractivity contribution in [2.24, 2.45) is 34.5 Å². The molecule has 30 heavy (non-hydrogen) atoms. The van der Waals surface area contributed by atoms with E-state index in [4.69, 9.17) is 4.98 Å². The number of imidazole rings is 1. The van der Waals surface area contributed by atoms with Gasteiger partial charge in [-0.3, -0.25) is 9.20 Å². The molecule has 5 heteroatoms. The fraction of sp³-hybridized carbons (Fsp3) is 0.680. The van der Waals surface area contributed by atoms with E-state index in [2.05, 4.69) is 24.5 Å². The number of amides is 1. The van der Waals surface area contributed by atoms with Gasteiger partial charge in [0.1, 0.15) is 11.3 Å². The Morgan fingerprint density at radius 1 is 1.23 bits per heavy atom. The van der Waals surface area contributed by atoms with E-state index < -0.39 is 0 Å². The number of aromatic nitrogens is 2. The van der Waals surface area contributed by atoms with Crippen molar-refractivity contribution in [2.75, 3.05) is 13.1 Å². The second-order valence-electron chi connectivity index (χ2n) is 11.3. The molecule has 3 bridgehead atoms. The number of carbonyl (C=O) groups is 1. The van der Waals surface area contributed by atoms with Crippen LogP contribution in [0.2, 0.25) is 0 Å². The average Bonchev–Trinajstić information content (AvgIpc) is 3.26. The van der Waals surface area contributed by atoms with Gasteiger partial charge in [0.2, 0.25) is 0 Å². The van der Waals surface area contributed by atoms with Crippen LogP contribution in [-0.4, -0.2) is 28.4 Å². The minimum Gasteiger partial charge on any atom is -0.350 e. The van der Waals surface area contributed by atoms with Crippen molar-refractivity contribution in [1.82, 2.24) is 20.0 Å². The summed E-state index contributed by atoms with van der Waals surface area (Å²) < 4.78 is 1.96. The van der Waals surface area contributed by atoms with Gasteiger partial charge in [-0.05, 0) is 91.7 Å². The molecule has 2 aromatic rings. The van der Waals surface area contributed by atoms with Crippen LogP contribution in [-0.2, 0) is 6.54 Å². The maximum absolute atomic E-state index is 13.2. The van der Waals surface area contributed by atoms with E-state index in [1.165, 1.54) is 38.5 Å². The summed E-state index contributed by atoms with van der Waals surface area (Å²) in [6, 6.07) is 5.85. The van der Waals surface area contributed by atoms with E-state index in [9.17, 15) is 4.79 Å². The van der Waals surface area contributed by atoms with Gasteiger partial charge in [0, 0.05) is 19.3 Å². The Morgan fingerprint density at radius 2 is 2.13 bits per heavy atom. The van der Waals surface area contributed by atoms with E-state index in [1.54, 1.807) is 0 Å². The Labute approximate surface area is 179 Å². The zero-order valence-electron chi connectivity index (χ0n) is 18.3. The van der Waals surface area contributed by atoms with Gasteiger partial charge >= 0.3 is 0 Å².